The van der Waals surface area contributed by atoms with Gasteiger partial charge in [-0.2, -0.15) is 0 Å². The predicted octanol–water partition coefficient (Wildman–Crippen LogP) is 3.22. The summed E-state index contributed by atoms with van der Waals surface area (Å²) in [6.07, 6.45) is 1.78. The van der Waals surface area contributed by atoms with Crippen LogP contribution in [0.5, 0.6) is 0 Å². The molecule has 0 aromatic heterocycles. The van der Waals surface area contributed by atoms with Crippen molar-refractivity contribution in [1.82, 2.24) is 0 Å². The molecular formula is C15H13NO2. The summed E-state index contributed by atoms with van der Waals surface area (Å²) in [6.45, 7) is 0. The number of hydrogen-bond donors (Lipinski definition) is 0. The number of methoxy groups -OCH3 is 1. The molecular weight excluding hydrogens is 226 g/mol. The lowest BCUT2D eigenvalue weighted by Gasteiger charge is -1.99. The van der Waals surface area contributed by atoms with E-state index in [-0.39, 0.29) is 5.97 Å². The third-order valence-electron chi connectivity index (χ3n) is 2.45. The second-order valence-electron chi connectivity index (χ2n) is 3.71. The number of nitrogens with zero attached hydrogens (tertiary/aromatic N) is 1. The van der Waals surface area contributed by atoms with Crippen LogP contribution in [0.15, 0.2) is 59.6 Å². The molecule has 0 fully saturated rings. The van der Waals surface area contributed by atoms with Gasteiger partial charge in [-0.05, 0) is 29.8 Å². The van der Waals surface area contributed by atoms with Gasteiger partial charge in [0.15, 0.2) is 0 Å². The van der Waals surface area contributed by atoms with Crippen LogP contribution in [0.4, 0.5) is 5.69 Å². The number of rotatable bonds is 3. The monoisotopic (exact) mass is 239 g/mol. The van der Waals surface area contributed by atoms with E-state index in [4.69, 9.17) is 0 Å². The molecule has 0 amide bonds. The maximum absolute atomic E-state index is 11.2. The van der Waals surface area contributed by atoms with Gasteiger partial charge in [-0.1, -0.05) is 30.3 Å². The Morgan fingerprint density at radius 2 is 1.72 bits per heavy atom. The minimum atomic E-state index is -0.339. The van der Waals surface area contributed by atoms with Gasteiger partial charge in [0.25, 0.3) is 0 Å². The summed E-state index contributed by atoms with van der Waals surface area (Å²) in [5.74, 6) is -0.339. The molecule has 0 spiro atoms. The molecule has 18 heavy (non-hydrogen) atoms. The van der Waals surface area contributed by atoms with E-state index in [0.29, 0.717) is 5.56 Å². The fourth-order valence-corrected chi connectivity index (χ4v) is 1.49. The minimum Gasteiger partial charge on any atom is -0.465 e. The van der Waals surface area contributed by atoms with Gasteiger partial charge in [-0.15, -0.1) is 0 Å². The summed E-state index contributed by atoms with van der Waals surface area (Å²) in [5.41, 5.74) is 2.36. The maximum Gasteiger partial charge on any atom is 0.337 e. The lowest BCUT2D eigenvalue weighted by molar-refractivity contribution is 0.0601. The molecule has 2 aromatic carbocycles. The second kappa shape index (κ2) is 5.77. The molecule has 0 saturated heterocycles. The topological polar surface area (TPSA) is 38.7 Å². The number of carbonyl (C=O) groups excluding carboxylic acids is 1. The van der Waals surface area contributed by atoms with Gasteiger partial charge in [0, 0.05) is 6.21 Å². The molecule has 0 aliphatic carbocycles. The summed E-state index contributed by atoms with van der Waals surface area (Å²) >= 11 is 0. The van der Waals surface area contributed by atoms with E-state index in [2.05, 4.69) is 9.73 Å². The van der Waals surface area contributed by atoms with Crippen LogP contribution in [0, 0.1) is 0 Å². The summed E-state index contributed by atoms with van der Waals surface area (Å²) in [5, 5.41) is 0. The third kappa shape index (κ3) is 3.04. The van der Waals surface area contributed by atoms with E-state index >= 15 is 0 Å². The number of benzene rings is 2. The Morgan fingerprint density at radius 1 is 1.06 bits per heavy atom. The normalized spacial score (nSPS) is 10.5. The molecule has 90 valence electrons. The van der Waals surface area contributed by atoms with Crippen LogP contribution in [0.25, 0.3) is 0 Å². The Labute approximate surface area is 106 Å². The van der Waals surface area contributed by atoms with E-state index in [9.17, 15) is 4.79 Å². The highest BCUT2D eigenvalue weighted by molar-refractivity contribution is 5.89. The lowest BCUT2D eigenvalue weighted by Crippen LogP contribution is -1.99. The van der Waals surface area contributed by atoms with Crippen LogP contribution in [0.1, 0.15) is 15.9 Å². The van der Waals surface area contributed by atoms with Crippen LogP contribution < -0.4 is 0 Å². The highest BCUT2D eigenvalue weighted by atomic mass is 16.5. The molecule has 0 bridgehead atoms. The number of ether oxygens (including phenoxy) is 1. The van der Waals surface area contributed by atoms with Gasteiger partial charge >= 0.3 is 5.97 Å². The van der Waals surface area contributed by atoms with Crippen molar-refractivity contribution >= 4 is 17.9 Å². The first-order valence-electron chi connectivity index (χ1n) is 5.57. The van der Waals surface area contributed by atoms with Gasteiger partial charge in [0.1, 0.15) is 0 Å². The molecule has 0 atom stereocenters. The Kier molecular flexibility index (Phi) is 3.86. The standard InChI is InChI=1S/C15H13NO2/c1-18-15(17)13-7-9-14(10-8-13)16-11-12-5-3-2-4-6-12/h2-11H,1H3. The first kappa shape index (κ1) is 12.0. The smallest absolute Gasteiger partial charge is 0.337 e. The number of hydrogen-bond acceptors (Lipinski definition) is 3. The highest BCUT2D eigenvalue weighted by Gasteiger charge is 2.03. The largest absolute Gasteiger partial charge is 0.465 e. The summed E-state index contributed by atoms with van der Waals surface area (Å²) in [4.78, 5) is 15.6. The van der Waals surface area contributed by atoms with Gasteiger partial charge in [-0.3, -0.25) is 4.99 Å². The first-order valence-corrected chi connectivity index (χ1v) is 5.57. The zero-order chi connectivity index (χ0) is 12.8. The van der Waals surface area contributed by atoms with Crippen molar-refractivity contribution in [2.75, 3.05) is 7.11 Å². The maximum atomic E-state index is 11.2. The molecule has 2 aromatic rings. The first-order chi connectivity index (χ1) is 8.79. The van der Waals surface area contributed by atoms with Crippen LogP contribution in [0.3, 0.4) is 0 Å². The quantitative estimate of drug-likeness (QED) is 0.609. The van der Waals surface area contributed by atoms with Crippen LogP contribution in [0.2, 0.25) is 0 Å². The van der Waals surface area contributed by atoms with Crippen LogP contribution in [-0.4, -0.2) is 19.3 Å². The van der Waals surface area contributed by atoms with E-state index < -0.39 is 0 Å². The Balaban J connectivity index is 2.11. The second-order valence-corrected chi connectivity index (χ2v) is 3.71. The summed E-state index contributed by atoms with van der Waals surface area (Å²) in [6, 6.07) is 16.8. The Hall–Kier alpha value is -2.42. The van der Waals surface area contributed by atoms with Crippen molar-refractivity contribution < 1.29 is 9.53 Å². The molecule has 0 aliphatic rings. The molecule has 0 heterocycles. The molecule has 2 rings (SSSR count). The lowest BCUT2D eigenvalue weighted by atomic mass is 10.2. The van der Waals surface area contributed by atoms with Crippen molar-refractivity contribution in [2.24, 2.45) is 4.99 Å². The zero-order valence-electron chi connectivity index (χ0n) is 10.0. The average Bonchev–Trinajstić information content (AvgIpc) is 2.46. The van der Waals surface area contributed by atoms with E-state index in [1.54, 1.807) is 30.5 Å². The van der Waals surface area contributed by atoms with E-state index in [0.717, 1.165) is 11.3 Å². The molecule has 0 radical (unpaired) electrons. The third-order valence-corrected chi connectivity index (χ3v) is 2.45. The minimum absolute atomic E-state index is 0.339. The predicted molar refractivity (Wildman–Crippen MR) is 71.5 cm³/mol. The zero-order valence-corrected chi connectivity index (χ0v) is 10.0. The highest BCUT2D eigenvalue weighted by Crippen LogP contribution is 2.13. The van der Waals surface area contributed by atoms with Crippen molar-refractivity contribution in [2.45, 2.75) is 0 Å². The molecule has 3 heteroatoms. The van der Waals surface area contributed by atoms with Gasteiger partial charge in [0.2, 0.25) is 0 Å². The fraction of sp³-hybridized carbons (Fsp3) is 0.0667. The van der Waals surface area contributed by atoms with E-state index in [1.807, 2.05) is 30.3 Å². The summed E-state index contributed by atoms with van der Waals surface area (Å²) < 4.78 is 4.63. The number of esters is 1. The fourth-order valence-electron chi connectivity index (χ4n) is 1.49. The van der Waals surface area contributed by atoms with Gasteiger partial charge in [0.05, 0.1) is 18.4 Å². The van der Waals surface area contributed by atoms with Gasteiger partial charge in [-0.25, -0.2) is 4.79 Å². The molecule has 0 N–H and O–H groups in total. The van der Waals surface area contributed by atoms with E-state index in [1.165, 1.54) is 7.11 Å². The van der Waals surface area contributed by atoms with Crippen molar-refractivity contribution in [3.8, 4) is 0 Å². The van der Waals surface area contributed by atoms with Gasteiger partial charge < -0.3 is 4.74 Å². The number of carbonyl (C=O) groups is 1. The Bertz CT molecular complexity index is 544. The van der Waals surface area contributed by atoms with Crippen molar-refractivity contribution in [1.29, 1.82) is 0 Å². The molecule has 3 nitrogen and oxygen atoms in total. The van der Waals surface area contributed by atoms with Crippen LogP contribution >= 0.6 is 0 Å². The Morgan fingerprint density at radius 3 is 2.33 bits per heavy atom. The van der Waals surface area contributed by atoms with Crippen molar-refractivity contribution in [3.05, 3.63) is 65.7 Å². The number of aliphatic imine (C=N–C) groups is 1. The van der Waals surface area contributed by atoms with Crippen molar-refractivity contribution in [3.63, 3.8) is 0 Å². The molecule has 0 unspecified atom stereocenters. The van der Waals surface area contributed by atoms with Crippen LogP contribution in [-0.2, 0) is 4.74 Å². The summed E-state index contributed by atoms with van der Waals surface area (Å²) in [7, 11) is 1.36. The molecule has 0 aliphatic heterocycles. The average molecular weight is 239 g/mol. The molecule has 0 saturated carbocycles. The SMILES string of the molecule is COC(=O)c1ccc(N=Cc2ccccc2)cc1.